The lowest BCUT2D eigenvalue weighted by atomic mass is 10.2. The van der Waals surface area contributed by atoms with Crippen LogP contribution in [0.4, 0.5) is 4.39 Å². The summed E-state index contributed by atoms with van der Waals surface area (Å²) >= 11 is 0. The summed E-state index contributed by atoms with van der Waals surface area (Å²) < 4.78 is 34.2. The lowest BCUT2D eigenvalue weighted by Crippen LogP contribution is -2.17. The molecule has 5 heteroatoms. The predicted octanol–water partition coefficient (Wildman–Crippen LogP) is 1.35. The first-order valence-corrected chi connectivity index (χ1v) is 7.16. The van der Waals surface area contributed by atoms with Gasteiger partial charge in [-0.25, -0.2) is 12.8 Å². The summed E-state index contributed by atoms with van der Waals surface area (Å²) in [6.45, 7) is 1.27. The summed E-state index contributed by atoms with van der Waals surface area (Å²) in [5.41, 5.74) is 0.987. The highest BCUT2D eigenvalue weighted by atomic mass is 32.2. The molecule has 0 bridgehead atoms. The molecular formula is C11H16FNO2S. The summed E-state index contributed by atoms with van der Waals surface area (Å²) in [4.78, 5) is 0. The predicted molar refractivity (Wildman–Crippen MR) is 62.4 cm³/mol. The van der Waals surface area contributed by atoms with Crippen molar-refractivity contribution in [1.29, 1.82) is 0 Å². The Kier molecular flexibility index (Phi) is 4.89. The molecular weight excluding hydrogens is 229 g/mol. The van der Waals surface area contributed by atoms with Crippen LogP contribution in [0.15, 0.2) is 24.3 Å². The zero-order chi connectivity index (χ0) is 12.0. The number of benzene rings is 1. The van der Waals surface area contributed by atoms with Gasteiger partial charge < -0.3 is 5.32 Å². The van der Waals surface area contributed by atoms with Crippen molar-refractivity contribution < 1.29 is 12.8 Å². The molecule has 1 aromatic rings. The number of rotatable bonds is 6. The maximum Gasteiger partial charge on any atom is 0.147 e. The third-order valence-corrected chi connectivity index (χ3v) is 3.14. The molecule has 0 aliphatic heterocycles. The minimum Gasteiger partial charge on any atom is -0.313 e. The average Bonchev–Trinajstić information content (AvgIpc) is 2.19. The van der Waals surface area contributed by atoms with Crippen molar-refractivity contribution >= 4 is 9.84 Å². The van der Waals surface area contributed by atoms with Gasteiger partial charge in [0.2, 0.25) is 0 Å². The number of hydrogen-bond acceptors (Lipinski definition) is 3. The Morgan fingerprint density at radius 2 is 1.88 bits per heavy atom. The molecule has 0 aliphatic carbocycles. The molecule has 0 radical (unpaired) electrons. The van der Waals surface area contributed by atoms with Crippen LogP contribution in [-0.4, -0.2) is 27.0 Å². The van der Waals surface area contributed by atoms with Gasteiger partial charge in [-0.15, -0.1) is 0 Å². The second-order valence-corrected chi connectivity index (χ2v) is 6.05. The molecule has 3 nitrogen and oxygen atoms in total. The van der Waals surface area contributed by atoms with E-state index in [2.05, 4.69) is 5.32 Å². The Morgan fingerprint density at radius 3 is 2.44 bits per heavy atom. The number of nitrogens with one attached hydrogen (secondary N) is 1. The van der Waals surface area contributed by atoms with Crippen molar-refractivity contribution in [2.75, 3.05) is 18.6 Å². The Bertz CT molecular complexity index is 414. The standard InChI is InChI=1S/C11H16FNO2S/c1-16(14,15)8-2-7-13-9-10-3-5-11(12)6-4-10/h3-6,13H,2,7-9H2,1H3. The van der Waals surface area contributed by atoms with Gasteiger partial charge in [-0.1, -0.05) is 12.1 Å². The van der Waals surface area contributed by atoms with Crippen LogP contribution in [0.1, 0.15) is 12.0 Å². The van der Waals surface area contributed by atoms with Gasteiger partial charge in [0, 0.05) is 12.8 Å². The van der Waals surface area contributed by atoms with Crippen LogP contribution in [0.3, 0.4) is 0 Å². The number of hydrogen-bond donors (Lipinski definition) is 1. The van der Waals surface area contributed by atoms with E-state index in [-0.39, 0.29) is 11.6 Å². The first kappa shape index (κ1) is 13.1. The smallest absolute Gasteiger partial charge is 0.147 e. The molecule has 0 heterocycles. The number of sulfone groups is 1. The van der Waals surface area contributed by atoms with Gasteiger partial charge in [0.25, 0.3) is 0 Å². The topological polar surface area (TPSA) is 46.2 Å². The van der Waals surface area contributed by atoms with Gasteiger partial charge in [-0.2, -0.15) is 0 Å². The summed E-state index contributed by atoms with van der Waals surface area (Å²) in [5.74, 6) is -0.0514. The molecule has 0 aromatic heterocycles. The third-order valence-electron chi connectivity index (χ3n) is 2.11. The molecule has 16 heavy (non-hydrogen) atoms. The van der Waals surface area contributed by atoms with E-state index in [1.54, 1.807) is 12.1 Å². The van der Waals surface area contributed by atoms with Gasteiger partial charge in [-0.3, -0.25) is 0 Å². The Labute approximate surface area is 95.6 Å². The molecule has 1 rings (SSSR count). The average molecular weight is 245 g/mol. The molecule has 90 valence electrons. The first-order chi connectivity index (χ1) is 7.47. The maximum atomic E-state index is 12.6. The van der Waals surface area contributed by atoms with Crippen molar-refractivity contribution in [3.8, 4) is 0 Å². The van der Waals surface area contributed by atoms with E-state index in [1.165, 1.54) is 18.4 Å². The number of halogens is 1. The summed E-state index contributed by atoms with van der Waals surface area (Å²) in [5, 5.41) is 3.11. The third kappa shape index (κ3) is 5.82. The van der Waals surface area contributed by atoms with Crippen molar-refractivity contribution in [3.05, 3.63) is 35.6 Å². The van der Waals surface area contributed by atoms with Gasteiger partial charge in [-0.05, 0) is 30.7 Å². The Morgan fingerprint density at radius 1 is 1.25 bits per heavy atom. The zero-order valence-electron chi connectivity index (χ0n) is 9.24. The van der Waals surface area contributed by atoms with Crippen molar-refractivity contribution in [1.82, 2.24) is 5.32 Å². The minimum absolute atomic E-state index is 0.198. The fourth-order valence-electron chi connectivity index (χ4n) is 1.29. The second-order valence-electron chi connectivity index (χ2n) is 3.79. The lowest BCUT2D eigenvalue weighted by Gasteiger charge is -2.04. The fraction of sp³-hybridized carbons (Fsp3) is 0.455. The fourth-order valence-corrected chi connectivity index (χ4v) is 1.96. The minimum atomic E-state index is -2.86. The highest BCUT2D eigenvalue weighted by Crippen LogP contribution is 2.01. The van der Waals surface area contributed by atoms with Crippen LogP contribution in [0, 0.1) is 5.82 Å². The van der Waals surface area contributed by atoms with Crippen molar-refractivity contribution in [3.63, 3.8) is 0 Å². The van der Waals surface area contributed by atoms with E-state index in [0.717, 1.165) is 5.56 Å². The van der Waals surface area contributed by atoms with Crippen LogP contribution in [0.2, 0.25) is 0 Å². The lowest BCUT2D eigenvalue weighted by molar-refractivity contribution is 0.594. The van der Waals surface area contributed by atoms with E-state index >= 15 is 0 Å². The van der Waals surface area contributed by atoms with Crippen LogP contribution in [0.5, 0.6) is 0 Å². The monoisotopic (exact) mass is 245 g/mol. The summed E-state index contributed by atoms with van der Waals surface area (Å²) in [6, 6.07) is 6.23. The summed E-state index contributed by atoms with van der Waals surface area (Å²) in [6.07, 6.45) is 1.83. The maximum absolute atomic E-state index is 12.6. The molecule has 0 atom stereocenters. The molecule has 0 fully saturated rings. The van der Waals surface area contributed by atoms with Crippen molar-refractivity contribution in [2.24, 2.45) is 0 Å². The van der Waals surface area contributed by atoms with E-state index in [1.807, 2.05) is 0 Å². The first-order valence-electron chi connectivity index (χ1n) is 5.10. The zero-order valence-corrected chi connectivity index (χ0v) is 10.1. The van der Waals surface area contributed by atoms with Gasteiger partial charge in [0.05, 0.1) is 5.75 Å². The SMILES string of the molecule is CS(=O)(=O)CCCNCc1ccc(F)cc1. The molecule has 1 aromatic carbocycles. The van der Waals surface area contributed by atoms with Crippen LogP contribution in [0.25, 0.3) is 0 Å². The quantitative estimate of drug-likeness (QED) is 0.770. The summed E-state index contributed by atoms with van der Waals surface area (Å²) in [7, 11) is -2.86. The van der Waals surface area contributed by atoms with Crippen molar-refractivity contribution in [2.45, 2.75) is 13.0 Å². The molecule has 0 aliphatic rings. The highest BCUT2D eigenvalue weighted by Gasteiger charge is 2.00. The molecule has 1 N–H and O–H groups in total. The largest absolute Gasteiger partial charge is 0.313 e. The van der Waals surface area contributed by atoms with Crippen LogP contribution >= 0.6 is 0 Å². The van der Waals surface area contributed by atoms with E-state index in [4.69, 9.17) is 0 Å². The van der Waals surface area contributed by atoms with Gasteiger partial charge >= 0.3 is 0 Å². The highest BCUT2D eigenvalue weighted by molar-refractivity contribution is 7.90. The van der Waals surface area contributed by atoms with E-state index in [0.29, 0.717) is 19.5 Å². The van der Waals surface area contributed by atoms with Crippen LogP contribution < -0.4 is 5.32 Å². The van der Waals surface area contributed by atoms with E-state index in [9.17, 15) is 12.8 Å². The van der Waals surface area contributed by atoms with E-state index < -0.39 is 9.84 Å². The second kappa shape index (κ2) is 5.96. The molecule has 0 amide bonds. The van der Waals surface area contributed by atoms with Gasteiger partial charge in [0.15, 0.2) is 0 Å². The van der Waals surface area contributed by atoms with Crippen LogP contribution in [-0.2, 0) is 16.4 Å². The molecule has 0 spiro atoms. The van der Waals surface area contributed by atoms with Gasteiger partial charge in [0.1, 0.15) is 15.7 Å². The Hall–Kier alpha value is -0.940. The molecule has 0 unspecified atom stereocenters. The molecule has 0 saturated heterocycles. The normalized spacial score (nSPS) is 11.6. The Balaban J connectivity index is 2.19. The molecule has 0 saturated carbocycles.